The molecule has 1 fully saturated rings. The first kappa shape index (κ1) is 14.6. The average molecular weight is 373 g/mol. The van der Waals surface area contributed by atoms with E-state index in [1.165, 1.54) is 12.1 Å². The molecule has 1 aliphatic rings. The Bertz CT molecular complexity index is 553. The zero-order valence-corrected chi connectivity index (χ0v) is 13.3. The molecule has 0 spiro atoms. The van der Waals surface area contributed by atoms with Crippen LogP contribution in [0.4, 0.5) is 0 Å². The summed E-state index contributed by atoms with van der Waals surface area (Å²) in [5.41, 5.74) is -0.384. The minimum Gasteiger partial charge on any atom is -0.207 e. The molecule has 1 aliphatic carbocycles. The van der Waals surface area contributed by atoms with Gasteiger partial charge in [0.2, 0.25) is 10.0 Å². The van der Waals surface area contributed by atoms with E-state index < -0.39 is 10.0 Å². The summed E-state index contributed by atoms with van der Waals surface area (Å²) < 4.78 is 27.3. The van der Waals surface area contributed by atoms with Crippen molar-refractivity contribution in [3.05, 3.63) is 28.2 Å². The van der Waals surface area contributed by atoms with Crippen LogP contribution in [0.2, 0.25) is 10.0 Å². The molecule has 3 nitrogen and oxygen atoms in total. The molecule has 2 rings (SSSR count). The third kappa shape index (κ3) is 2.85. The molecule has 18 heavy (non-hydrogen) atoms. The fourth-order valence-electron chi connectivity index (χ4n) is 1.89. The van der Waals surface area contributed by atoms with Crippen LogP contribution in [-0.2, 0) is 10.0 Å². The van der Waals surface area contributed by atoms with Crippen molar-refractivity contribution in [2.45, 2.75) is 29.7 Å². The molecule has 0 radical (unpaired) electrons. The maximum absolute atomic E-state index is 12.3. The number of benzene rings is 1. The van der Waals surface area contributed by atoms with Gasteiger partial charge in [0.15, 0.2) is 0 Å². The van der Waals surface area contributed by atoms with Crippen molar-refractivity contribution in [1.29, 1.82) is 0 Å². The Hall–Kier alpha value is 0.190. The fraction of sp³-hybridized carbons (Fsp3) is 0.455. The Morgan fingerprint density at radius 3 is 2.50 bits per heavy atom. The van der Waals surface area contributed by atoms with Gasteiger partial charge < -0.3 is 0 Å². The van der Waals surface area contributed by atoms with E-state index in [4.69, 9.17) is 23.2 Å². The minimum atomic E-state index is -3.64. The van der Waals surface area contributed by atoms with E-state index >= 15 is 0 Å². The second-order valence-corrected chi connectivity index (χ2v) is 7.50. The number of hydrogen-bond donors (Lipinski definition) is 1. The Morgan fingerprint density at radius 1 is 1.33 bits per heavy atom. The molecule has 1 N–H and O–H groups in total. The van der Waals surface area contributed by atoms with Crippen molar-refractivity contribution in [1.82, 2.24) is 4.72 Å². The molecule has 0 aliphatic heterocycles. The molecule has 0 heterocycles. The van der Waals surface area contributed by atoms with E-state index in [2.05, 4.69) is 20.7 Å². The van der Waals surface area contributed by atoms with Crippen LogP contribution in [0.1, 0.15) is 19.3 Å². The van der Waals surface area contributed by atoms with Crippen LogP contribution in [0.15, 0.2) is 23.1 Å². The molecular formula is C11H12BrCl2NO2S. The highest BCUT2D eigenvalue weighted by Gasteiger charge is 2.40. The highest BCUT2D eigenvalue weighted by Crippen LogP contribution is 2.36. The minimum absolute atomic E-state index is 0.0314. The van der Waals surface area contributed by atoms with E-state index in [1.54, 1.807) is 6.07 Å². The van der Waals surface area contributed by atoms with Crippen LogP contribution in [0.3, 0.4) is 0 Å². The normalized spacial score (nSPS) is 18.4. The van der Waals surface area contributed by atoms with Gasteiger partial charge >= 0.3 is 0 Å². The quantitative estimate of drug-likeness (QED) is 0.821. The topological polar surface area (TPSA) is 46.2 Å². The number of hydrogen-bond acceptors (Lipinski definition) is 2. The number of rotatable bonds is 4. The number of halogens is 3. The van der Waals surface area contributed by atoms with Gasteiger partial charge in [0.05, 0.1) is 5.02 Å². The molecule has 0 saturated heterocycles. The van der Waals surface area contributed by atoms with E-state index in [-0.39, 0.29) is 15.5 Å². The van der Waals surface area contributed by atoms with E-state index in [0.717, 1.165) is 19.3 Å². The lowest BCUT2D eigenvalue weighted by Gasteiger charge is -2.40. The van der Waals surface area contributed by atoms with Crippen molar-refractivity contribution in [3.63, 3.8) is 0 Å². The third-order valence-electron chi connectivity index (χ3n) is 3.10. The van der Waals surface area contributed by atoms with Crippen molar-refractivity contribution >= 4 is 49.2 Å². The Labute approximate surface area is 125 Å². The maximum atomic E-state index is 12.3. The van der Waals surface area contributed by atoms with E-state index in [0.29, 0.717) is 10.4 Å². The van der Waals surface area contributed by atoms with Gasteiger partial charge in [-0.1, -0.05) is 39.1 Å². The third-order valence-corrected chi connectivity index (χ3v) is 6.47. The first-order valence-corrected chi connectivity index (χ1v) is 8.80. The van der Waals surface area contributed by atoms with Crippen LogP contribution >= 0.6 is 39.1 Å². The van der Waals surface area contributed by atoms with Crippen LogP contribution in [0.25, 0.3) is 0 Å². The van der Waals surface area contributed by atoms with Gasteiger partial charge in [-0.3, -0.25) is 0 Å². The number of alkyl halides is 1. The first-order valence-electron chi connectivity index (χ1n) is 5.44. The molecule has 7 heteroatoms. The summed E-state index contributed by atoms with van der Waals surface area (Å²) >= 11 is 15.1. The summed E-state index contributed by atoms with van der Waals surface area (Å²) in [6.07, 6.45) is 2.68. The summed E-state index contributed by atoms with van der Waals surface area (Å²) in [6, 6.07) is 4.42. The Kier molecular flexibility index (Phi) is 4.29. The lowest BCUT2D eigenvalue weighted by molar-refractivity contribution is 0.256. The zero-order chi connectivity index (χ0) is 13.4. The SMILES string of the molecule is O=S(=O)(NC1(CBr)CCC1)c1cc(Cl)ccc1Cl. The highest BCUT2D eigenvalue weighted by molar-refractivity contribution is 9.09. The molecule has 0 unspecified atom stereocenters. The van der Waals surface area contributed by atoms with Gasteiger partial charge in [-0.2, -0.15) is 0 Å². The largest absolute Gasteiger partial charge is 0.242 e. The molecule has 0 amide bonds. The lowest BCUT2D eigenvalue weighted by atomic mass is 9.80. The maximum Gasteiger partial charge on any atom is 0.242 e. The van der Waals surface area contributed by atoms with Gasteiger partial charge in [-0.25, -0.2) is 13.1 Å². The molecular weight excluding hydrogens is 361 g/mol. The molecule has 1 saturated carbocycles. The zero-order valence-electron chi connectivity index (χ0n) is 9.42. The molecule has 100 valence electrons. The van der Waals surface area contributed by atoms with Gasteiger partial charge in [0.25, 0.3) is 0 Å². The van der Waals surface area contributed by atoms with E-state index in [9.17, 15) is 8.42 Å². The molecule has 0 atom stereocenters. The van der Waals surface area contributed by atoms with Crippen LogP contribution in [0, 0.1) is 0 Å². The second kappa shape index (κ2) is 5.29. The summed E-state index contributed by atoms with van der Waals surface area (Å²) in [5.74, 6) is 0. The van der Waals surface area contributed by atoms with Crippen molar-refractivity contribution in [2.24, 2.45) is 0 Å². The summed E-state index contributed by atoms with van der Waals surface area (Å²) in [4.78, 5) is 0.0314. The highest BCUT2D eigenvalue weighted by atomic mass is 79.9. The smallest absolute Gasteiger partial charge is 0.207 e. The van der Waals surface area contributed by atoms with Crippen LogP contribution in [-0.4, -0.2) is 19.3 Å². The lowest BCUT2D eigenvalue weighted by Crippen LogP contribution is -2.54. The average Bonchev–Trinajstić information content (AvgIpc) is 2.27. The van der Waals surface area contributed by atoms with Gasteiger partial charge in [-0.05, 0) is 37.5 Å². The molecule has 0 aromatic heterocycles. The second-order valence-electron chi connectivity index (χ2n) is 4.45. The van der Waals surface area contributed by atoms with Gasteiger partial charge in [-0.15, -0.1) is 0 Å². The van der Waals surface area contributed by atoms with Gasteiger partial charge in [0, 0.05) is 15.9 Å². The Balaban J connectivity index is 2.33. The van der Waals surface area contributed by atoms with Crippen molar-refractivity contribution < 1.29 is 8.42 Å². The van der Waals surface area contributed by atoms with Crippen molar-refractivity contribution in [3.8, 4) is 0 Å². The standard InChI is InChI=1S/C11H12BrCl2NO2S/c12-7-11(4-1-5-11)15-18(16,17)10-6-8(13)2-3-9(10)14/h2-3,6,15H,1,4-5,7H2. The predicted octanol–water partition coefficient (Wildman–Crippen LogP) is 3.59. The number of sulfonamides is 1. The van der Waals surface area contributed by atoms with Crippen LogP contribution < -0.4 is 4.72 Å². The molecule has 1 aromatic carbocycles. The van der Waals surface area contributed by atoms with E-state index in [1.807, 2.05) is 0 Å². The summed E-state index contributed by atoms with van der Waals surface area (Å²) in [6.45, 7) is 0. The number of nitrogens with one attached hydrogen (secondary N) is 1. The molecule has 0 bridgehead atoms. The monoisotopic (exact) mass is 371 g/mol. The Morgan fingerprint density at radius 2 is 2.00 bits per heavy atom. The van der Waals surface area contributed by atoms with Crippen molar-refractivity contribution in [2.75, 3.05) is 5.33 Å². The molecule has 1 aromatic rings. The summed E-state index contributed by atoms with van der Waals surface area (Å²) in [5, 5.41) is 1.12. The predicted molar refractivity (Wildman–Crippen MR) is 77.2 cm³/mol. The van der Waals surface area contributed by atoms with Gasteiger partial charge in [0.1, 0.15) is 4.90 Å². The summed E-state index contributed by atoms with van der Waals surface area (Å²) in [7, 11) is -3.64. The van der Waals surface area contributed by atoms with Crippen LogP contribution in [0.5, 0.6) is 0 Å². The first-order chi connectivity index (χ1) is 8.38. The fourth-order valence-corrected chi connectivity index (χ4v) is 5.00.